The van der Waals surface area contributed by atoms with Gasteiger partial charge in [0.25, 0.3) is 5.91 Å². The van der Waals surface area contributed by atoms with Gasteiger partial charge in [0.15, 0.2) is 5.43 Å². The summed E-state index contributed by atoms with van der Waals surface area (Å²) in [7, 11) is 1.34. The van der Waals surface area contributed by atoms with Crippen LogP contribution in [0.25, 0.3) is 10.9 Å². The average Bonchev–Trinajstić information content (AvgIpc) is 3.20. The predicted molar refractivity (Wildman–Crippen MR) is 113 cm³/mol. The van der Waals surface area contributed by atoms with Gasteiger partial charge < -0.3 is 15.5 Å². The first-order valence-corrected chi connectivity index (χ1v) is 10.2. The molecule has 0 bridgehead atoms. The maximum atomic E-state index is 14.1. The van der Waals surface area contributed by atoms with E-state index in [2.05, 4.69) is 9.97 Å². The number of nitrogens with two attached hydrogens (primary N) is 1. The molecular weight excluding hydrogens is 442 g/mol. The topological polar surface area (TPSA) is 98.1 Å². The van der Waals surface area contributed by atoms with Gasteiger partial charge in [0, 0.05) is 29.4 Å². The molecule has 0 aliphatic heterocycles. The Morgan fingerprint density at radius 2 is 1.91 bits per heavy atom. The van der Waals surface area contributed by atoms with E-state index in [9.17, 15) is 27.2 Å². The Bertz CT molecular complexity index is 1300. The number of benzene rings is 1. The number of primary amides is 1. The number of hydrogen-bond donors (Lipinski definition) is 2. The molecule has 1 fully saturated rings. The molecule has 3 N–H and O–H groups in total. The zero-order valence-corrected chi connectivity index (χ0v) is 17.8. The number of amides is 1. The molecule has 2 heterocycles. The number of rotatable bonds is 4. The van der Waals surface area contributed by atoms with Crippen molar-refractivity contribution in [2.45, 2.75) is 37.8 Å². The van der Waals surface area contributed by atoms with Gasteiger partial charge in [-0.3, -0.25) is 14.6 Å². The molecule has 1 aromatic carbocycles. The summed E-state index contributed by atoms with van der Waals surface area (Å²) in [4.78, 5) is 31.4. The number of aromatic nitrogens is 2. The number of carbonyl (C=O) groups excluding carboxylic acids is 1. The van der Waals surface area contributed by atoms with Crippen LogP contribution in [0, 0.1) is 18.7 Å². The molecule has 1 aliphatic carbocycles. The fraction of sp³-hybridized carbons (Fsp3) is 0.348. The molecule has 4 rings (SSSR count). The first kappa shape index (κ1) is 22.8. The first-order chi connectivity index (χ1) is 15.5. The Morgan fingerprint density at radius 3 is 2.55 bits per heavy atom. The number of nitrogens with one attached hydrogen (secondary N) is 1. The Balaban J connectivity index is 1.89. The molecule has 1 aliphatic rings. The van der Waals surface area contributed by atoms with Gasteiger partial charge in [0.1, 0.15) is 17.3 Å². The van der Waals surface area contributed by atoms with E-state index in [1.807, 2.05) is 0 Å². The number of halogens is 4. The predicted octanol–water partition coefficient (Wildman–Crippen LogP) is 4.32. The van der Waals surface area contributed by atoms with Crippen molar-refractivity contribution in [3.63, 3.8) is 0 Å². The van der Waals surface area contributed by atoms with Crippen molar-refractivity contribution < 1.29 is 27.1 Å². The lowest BCUT2D eigenvalue weighted by molar-refractivity contribution is -0.172. The minimum absolute atomic E-state index is 0.0223. The van der Waals surface area contributed by atoms with Crippen LogP contribution >= 0.6 is 0 Å². The van der Waals surface area contributed by atoms with Gasteiger partial charge in [-0.15, -0.1) is 0 Å². The number of methoxy groups -OCH3 is 1. The van der Waals surface area contributed by atoms with E-state index in [0.717, 1.165) is 0 Å². The number of carbonyl (C=O) groups is 1. The van der Waals surface area contributed by atoms with Crippen molar-refractivity contribution in [2.75, 3.05) is 7.11 Å². The molecule has 0 spiro atoms. The zero-order chi connectivity index (χ0) is 24.1. The van der Waals surface area contributed by atoms with E-state index in [-0.39, 0.29) is 46.4 Å². The maximum Gasteiger partial charge on any atom is 0.391 e. The number of aromatic amines is 1. The number of fused-ring (bicyclic) bond motifs is 1. The number of nitrogens with zero attached hydrogens (tertiary/aromatic N) is 1. The van der Waals surface area contributed by atoms with Crippen molar-refractivity contribution in [1.82, 2.24) is 9.97 Å². The molecule has 174 valence electrons. The van der Waals surface area contributed by atoms with Gasteiger partial charge in [-0.1, -0.05) is 6.07 Å². The SMILES string of the molecule is COc1c([C@@H]2C[C@@H](C(F)(F)F)CC2c2cc(=O)c3c(C(N)=O)nccc3[nH]2)ccc(F)c1C. The standard InChI is InChI=1S/C23H21F4N3O3/c1-10-15(24)4-3-12(21(10)33-2)13-7-11(23(25,26)27)8-14(13)17-9-18(31)19-16(30-17)5-6-29-20(19)22(28)32/h3-6,9,11,13-14H,7-8H2,1-2H3,(H2,28,32)(H,30,31)/t11-,13+,14?/m1/s1. The quantitative estimate of drug-likeness (QED) is 0.563. The summed E-state index contributed by atoms with van der Waals surface area (Å²) in [6.07, 6.45) is -3.64. The molecule has 1 amide bonds. The molecule has 33 heavy (non-hydrogen) atoms. The van der Waals surface area contributed by atoms with Crippen molar-refractivity contribution >= 4 is 16.8 Å². The van der Waals surface area contributed by atoms with E-state index in [4.69, 9.17) is 10.5 Å². The Labute approximate surface area is 185 Å². The summed E-state index contributed by atoms with van der Waals surface area (Å²) in [5.41, 5.74) is 5.70. The molecule has 2 aromatic heterocycles. The molecule has 0 saturated heterocycles. The highest BCUT2D eigenvalue weighted by molar-refractivity contribution is 6.03. The molecule has 6 nitrogen and oxygen atoms in total. The first-order valence-electron chi connectivity index (χ1n) is 10.2. The summed E-state index contributed by atoms with van der Waals surface area (Å²) in [6.45, 7) is 1.50. The third-order valence-corrected chi connectivity index (χ3v) is 6.40. The van der Waals surface area contributed by atoms with E-state index in [0.29, 0.717) is 5.56 Å². The van der Waals surface area contributed by atoms with Crippen molar-refractivity contribution in [1.29, 1.82) is 0 Å². The molecular formula is C23H21F4N3O3. The third-order valence-electron chi connectivity index (χ3n) is 6.40. The van der Waals surface area contributed by atoms with Crippen LogP contribution < -0.4 is 15.9 Å². The largest absolute Gasteiger partial charge is 0.496 e. The van der Waals surface area contributed by atoms with E-state index < -0.39 is 41.1 Å². The maximum absolute atomic E-state index is 14.1. The van der Waals surface area contributed by atoms with Gasteiger partial charge in [-0.2, -0.15) is 13.2 Å². The van der Waals surface area contributed by atoms with Gasteiger partial charge in [0.2, 0.25) is 0 Å². The lowest BCUT2D eigenvalue weighted by Gasteiger charge is -2.23. The fourth-order valence-corrected chi connectivity index (χ4v) is 4.85. The van der Waals surface area contributed by atoms with Gasteiger partial charge in [0.05, 0.1) is 23.9 Å². The molecule has 0 radical (unpaired) electrons. The van der Waals surface area contributed by atoms with Crippen molar-refractivity contribution in [2.24, 2.45) is 11.7 Å². The normalized spacial score (nSPS) is 20.8. The van der Waals surface area contributed by atoms with E-state index in [1.54, 1.807) is 0 Å². The highest BCUT2D eigenvalue weighted by Gasteiger charge is 2.50. The number of H-pyrrole nitrogens is 1. The molecule has 1 unspecified atom stereocenters. The summed E-state index contributed by atoms with van der Waals surface area (Å²) >= 11 is 0. The Hall–Kier alpha value is -3.43. The summed E-state index contributed by atoms with van der Waals surface area (Å²) < 4.78 is 60.6. The molecule has 3 atom stereocenters. The van der Waals surface area contributed by atoms with Gasteiger partial charge >= 0.3 is 6.18 Å². The second-order valence-electron chi connectivity index (χ2n) is 8.25. The molecule has 3 aromatic rings. The fourth-order valence-electron chi connectivity index (χ4n) is 4.85. The highest BCUT2D eigenvalue weighted by Crippen LogP contribution is 2.55. The number of pyridine rings is 2. The van der Waals surface area contributed by atoms with Crippen LogP contribution in [-0.4, -0.2) is 29.2 Å². The van der Waals surface area contributed by atoms with Crippen molar-refractivity contribution in [3.8, 4) is 5.75 Å². The molecule has 1 saturated carbocycles. The van der Waals surface area contributed by atoms with Crippen LogP contribution in [0.2, 0.25) is 0 Å². The van der Waals surface area contributed by atoms with Gasteiger partial charge in [-0.25, -0.2) is 4.39 Å². The molecule has 10 heteroatoms. The van der Waals surface area contributed by atoms with Crippen LogP contribution in [0.5, 0.6) is 5.75 Å². The Morgan fingerprint density at radius 1 is 1.21 bits per heavy atom. The second kappa shape index (κ2) is 8.17. The third kappa shape index (κ3) is 3.94. The minimum Gasteiger partial charge on any atom is -0.496 e. The summed E-state index contributed by atoms with van der Waals surface area (Å²) in [6, 6.07) is 5.29. The lowest BCUT2D eigenvalue weighted by Crippen LogP contribution is -2.20. The number of alkyl halides is 3. The number of ether oxygens (including phenoxy) is 1. The average molecular weight is 463 g/mol. The lowest BCUT2D eigenvalue weighted by atomic mass is 9.85. The van der Waals surface area contributed by atoms with Crippen LogP contribution in [0.3, 0.4) is 0 Å². The smallest absolute Gasteiger partial charge is 0.391 e. The Kier molecular flexibility index (Phi) is 5.63. The van der Waals surface area contributed by atoms with Crippen molar-refractivity contribution in [3.05, 3.63) is 69.0 Å². The monoisotopic (exact) mass is 463 g/mol. The zero-order valence-electron chi connectivity index (χ0n) is 17.8. The summed E-state index contributed by atoms with van der Waals surface area (Å²) in [5, 5.41) is -0.0223. The van der Waals surface area contributed by atoms with E-state index >= 15 is 0 Å². The minimum atomic E-state index is -4.44. The highest BCUT2D eigenvalue weighted by atomic mass is 19.4. The van der Waals surface area contributed by atoms with Crippen LogP contribution in [-0.2, 0) is 0 Å². The van der Waals surface area contributed by atoms with Crippen LogP contribution in [0.4, 0.5) is 17.6 Å². The van der Waals surface area contributed by atoms with E-state index in [1.165, 1.54) is 44.5 Å². The summed E-state index contributed by atoms with van der Waals surface area (Å²) in [5.74, 6) is -4.24. The van der Waals surface area contributed by atoms with Crippen LogP contribution in [0.1, 0.15) is 52.0 Å². The second-order valence-corrected chi connectivity index (χ2v) is 8.25. The van der Waals surface area contributed by atoms with Crippen LogP contribution in [0.15, 0.2) is 35.3 Å². The van der Waals surface area contributed by atoms with Gasteiger partial charge in [-0.05, 0) is 43.4 Å². The number of hydrogen-bond acceptors (Lipinski definition) is 4.